The van der Waals surface area contributed by atoms with Crippen LogP contribution < -0.4 is 10.1 Å². The van der Waals surface area contributed by atoms with E-state index in [9.17, 15) is 4.79 Å². The molecular formula is C24H21BrN2O2. The van der Waals surface area contributed by atoms with E-state index in [1.165, 1.54) is 0 Å². The monoisotopic (exact) mass is 448 g/mol. The van der Waals surface area contributed by atoms with Gasteiger partial charge in [-0.1, -0.05) is 42.5 Å². The molecule has 0 radical (unpaired) electrons. The molecule has 0 spiro atoms. The van der Waals surface area contributed by atoms with Crippen LogP contribution in [0.2, 0.25) is 0 Å². The third kappa shape index (κ3) is 4.05. The first-order valence-corrected chi connectivity index (χ1v) is 10.2. The molecule has 4 rings (SSSR count). The Morgan fingerprint density at radius 3 is 2.52 bits per heavy atom. The molecule has 1 atom stereocenters. The predicted octanol–water partition coefficient (Wildman–Crippen LogP) is 5.50. The van der Waals surface area contributed by atoms with E-state index in [1.54, 1.807) is 7.11 Å². The van der Waals surface area contributed by atoms with Crippen LogP contribution in [0.3, 0.4) is 0 Å². The van der Waals surface area contributed by atoms with Gasteiger partial charge in [0, 0.05) is 34.0 Å². The summed E-state index contributed by atoms with van der Waals surface area (Å²) in [5.74, 6) is 0.711. The number of ether oxygens (including phenoxy) is 1. The van der Waals surface area contributed by atoms with Gasteiger partial charge in [-0.25, -0.2) is 0 Å². The molecule has 1 heterocycles. The molecule has 0 saturated carbocycles. The number of fused-ring (bicyclic) bond motifs is 1. The average molecular weight is 449 g/mol. The van der Waals surface area contributed by atoms with Gasteiger partial charge in [0.15, 0.2) is 0 Å². The molecule has 0 fully saturated rings. The largest absolute Gasteiger partial charge is 0.497 e. The van der Waals surface area contributed by atoms with Crippen molar-refractivity contribution >= 4 is 32.7 Å². The fourth-order valence-corrected chi connectivity index (χ4v) is 4.03. The highest BCUT2D eigenvalue weighted by atomic mass is 79.9. The molecule has 2 N–H and O–H groups in total. The van der Waals surface area contributed by atoms with Crippen molar-refractivity contribution in [1.29, 1.82) is 0 Å². The Morgan fingerprint density at radius 2 is 1.76 bits per heavy atom. The average Bonchev–Trinajstić information content (AvgIpc) is 3.18. The zero-order chi connectivity index (χ0) is 20.2. The number of aromatic amines is 1. The van der Waals surface area contributed by atoms with Gasteiger partial charge >= 0.3 is 0 Å². The van der Waals surface area contributed by atoms with Crippen LogP contribution in [-0.4, -0.2) is 24.5 Å². The minimum absolute atomic E-state index is 0.00324. The van der Waals surface area contributed by atoms with E-state index >= 15 is 0 Å². The first-order valence-electron chi connectivity index (χ1n) is 9.40. The summed E-state index contributed by atoms with van der Waals surface area (Å²) in [4.78, 5) is 16.1. The highest BCUT2D eigenvalue weighted by Crippen LogP contribution is 2.31. The second-order valence-corrected chi connectivity index (χ2v) is 7.66. The third-order valence-electron chi connectivity index (χ3n) is 5.10. The van der Waals surface area contributed by atoms with E-state index in [0.717, 1.165) is 32.3 Å². The molecule has 1 aromatic heterocycles. The van der Waals surface area contributed by atoms with Crippen LogP contribution in [0, 0.1) is 0 Å². The molecular weight excluding hydrogens is 428 g/mol. The highest BCUT2D eigenvalue weighted by molar-refractivity contribution is 9.10. The van der Waals surface area contributed by atoms with Crippen molar-refractivity contribution in [3.63, 3.8) is 0 Å². The smallest absolute Gasteiger partial charge is 0.252 e. The molecule has 1 amide bonds. The maximum atomic E-state index is 12.8. The topological polar surface area (TPSA) is 54.1 Å². The first-order chi connectivity index (χ1) is 14.2. The summed E-state index contributed by atoms with van der Waals surface area (Å²) in [5.41, 5.74) is 3.97. The van der Waals surface area contributed by atoms with E-state index in [4.69, 9.17) is 4.74 Å². The summed E-state index contributed by atoms with van der Waals surface area (Å²) in [7, 11) is 1.66. The van der Waals surface area contributed by atoms with E-state index in [1.807, 2.05) is 54.7 Å². The van der Waals surface area contributed by atoms with Crippen molar-refractivity contribution in [2.24, 2.45) is 0 Å². The maximum Gasteiger partial charge on any atom is 0.252 e. The van der Waals surface area contributed by atoms with Crippen molar-refractivity contribution in [1.82, 2.24) is 10.3 Å². The zero-order valence-corrected chi connectivity index (χ0v) is 17.6. The van der Waals surface area contributed by atoms with Crippen LogP contribution in [0.5, 0.6) is 5.75 Å². The molecule has 0 aliphatic carbocycles. The zero-order valence-electron chi connectivity index (χ0n) is 16.0. The van der Waals surface area contributed by atoms with Crippen LogP contribution in [0.1, 0.15) is 27.4 Å². The molecule has 3 aromatic carbocycles. The fourth-order valence-electron chi connectivity index (χ4n) is 3.56. The second kappa shape index (κ2) is 8.53. The molecule has 0 aliphatic heterocycles. The first kappa shape index (κ1) is 19.3. The Balaban J connectivity index is 1.66. The maximum absolute atomic E-state index is 12.8. The number of hydrogen-bond acceptors (Lipinski definition) is 2. The summed E-state index contributed by atoms with van der Waals surface area (Å²) in [6, 6.07) is 23.7. The van der Waals surface area contributed by atoms with E-state index < -0.39 is 0 Å². The number of H-pyrrole nitrogens is 1. The van der Waals surface area contributed by atoms with E-state index in [2.05, 4.69) is 50.5 Å². The lowest BCUT2D eigenvalue weighted by Crippen LogP contribution is -2.29. The number of benzene rings is 3. The Kier molecular flexibility index (Phi) is 5.67. The number of rotatable bonds is 6. The minimum Gasteiger partial charge on any atom is -0.497 e. The SMILES string of the molecule is COc1ccc(C(CNC(=O)c2ccccc2Br)c2c[nH]c3ccccc23)cc1. The Morgan fingerprint density at radius 1 is 1.03 bits per heavy atom. The van der Waals surface area contributed by atoms with Crippen LogP contribution in [0.25, 0.3) is 10.9 Å². The quantitative estimate of drug-likeness (QED) is 0.409. The minimum atomic E-state index is -0.101. The number of carbonyl (C=O) groups is 1. The van der Waals surface area contributed by atoms with E-state index in [0.29, 0.717) is 12.1 Å². The normalized spacial score (nSPS) is 11.9. The van der Waals surface area contributed by atoms with Gasteiger partial charge in [0.1, 0.15) is 5.75 Å². The number of amides is 1. The van der Waals surface area contributed by atoms with Crippen molar-refractivity contribution in [2.75, 3.05) is 13.7 Å². The molecule has 4 nitrogen and oxygen atoms in total. The van der Waals surface area contributed by atoms with Crippen LogP contribution in [-0.2, 0) is 0 Å². The summed E-state index contributed by atoms with van der Waals surface area (Å²) in [6.45, 7) is 0.481. The van der Waals surface area contributed by atoms with Crippen LogP contribution in [0.15, 0.2) is 83.5 Å². The standard InChI is InChI=1S/C24H21BrN2O2/c1-29-17-12-10-16(11-13-17)20(21-15-26-23-9-5-3-6-18(21)23)14-27-24(28)19-7-2-4-8-22(19)25/h2-13,15,20,26H,14H2,1H3,(H,27,28). The van der Waals surface area contributed by atoms with Gasteiger partial charge in [-0.2, -0.15) is 0 Å². The molecule has 4 aromatic rings. The molecule has 0 aliphatic rings. The van der Waals surface area contributed by atoms with Crippen molar-refractivity contribution < 1.29 is 9.53 Å². The number of methoxy groups -OCH3 is 1. The number of halogens is 1. The lowest BCUT2D eigenvalue weighted by molar-refractivity contribution is 0.0951. The lowest BCUT2D eigenvalue weighted by Gasteiger charge is -2.19. The van der Waals surface area contributed by atoms with Crippen molar-refractivity contribution in [3.05, 3.63) is 100 Å². The summed E-state index contributed by atoms with van der Waals surface area (Å²) < 4.78 is 6.08. The van der Waals surface area contributed by atoms with Gasteiger partial charge < -0.3 is 15.0 Å². The van der Waals surface area contributed by atoms with Gasteiger partial charge in [-0.3, -0.25) is 4.79 Å². The number of para-hydroxylation sites is 1. The van der Waals surface area contributed by atoms with Gasteiger partial charge in [0.2, 0.25) is 0 Å². The van der Waals surface area contributed by atoms with Gasteiger partial charge in [0.25, 0.3) is 5.91 Å². The number of carbonyl (C=O) groups excluding carboxylic acids is 1. The molecule has 5 heteroatoms. The van der Waals surface area contributed by atoms with Crippen molar-refractivity contribution in [3.8, 4) is 5.75 Å². The Bertz CT molecular complexity index is 1140. The molecule has 146 valence electrons. The highest BCUT2D eigenvalue weighted by Gasteiger charge is 2.20. The van der Waals surface area contributed by atoms with E-state index in [-0.39, 0.29) is 11.8 Å². The second-order valence-electron chi connectivity index (χ2n) is 6.81. The van der Waals surface area contributed by atoms with Crippen LogP contribution >= 0.6 is 15.9 Å². The van der Waals surface area contributed by atoms with Gasteiger partial charge in [-0.05, 0) is 57.4 Å². The Hall–Kier alpha value is -3.05. The molecule has 1 unspecified atom stereocenters. The number of nitrogens with one attached hydrogen (secondary N) is 2. The third-order valence-corrected chi connectivity index (χ3v) is 5.79. The van der Waals surface area contributed by atoms with Gasteiger partial charge in [0.05, 0.1) is 12.7 Å². The Labute approximate surface area is 178 Å². The predicted molar refractivity (Wildman–Crippen MR) is 120 cm³/mol. The summed E-state index contributed by atoms with van der Waals surface area (Å²) in [6.07, 6.45) is 2.03. The lowest BCUT2D eigenvalue weighted by atomic mass is 9.90. The van der Waals surface area contributed by atoms with Crippen molar-refractivity contribution in [2.45, 2.75) is 5.92 Å². The summed E-state index contributed by atoms with van der Waals surface area (Å²) in [5, 5.41) is 4.26. The fraction of sp³-hybridized carbons (Fsp3) is 0.125. The van der Waals surface area contributed by atoms with Gasteiger partial charge in [-0.15, -0.1) is 0 Å². The molecule has 0 bridgehead atoms. The number of hydrogen-bond donors (Lipinski definition) is 2. The van der Waals surface area contributed by atoms with Crippen LogP contribution in [0.4, 0.5) is 0 Å². The molecule has 29 heavy (non-hydrogen) atoms. The molecule has 0 saturated heterocycles. The number of aromatic nitrogens is 1. The summed E-state index contributed by atoms with van der Waals surface area (Å²) >= 11 is 3.46.